The fourth-order valence-corrected chi connectivity index (χ4v) is 4.76. The summed E-state index contributed by atoms with van der Waals surface area (Å²) in [6, 6.07) is 7.43. The van der Waals surface area contributed by atoms with Crippen LogP contribution in [0.2, 0.25) is 0 Å². The van der Waals surface area contributed by atoms with Crippen LogP contribution < -0.4 is 10.2 Å². The van der Waals surface area contributed by atoms with Crippen LogP contribution in [-0.2, 0) is 4.74 Å². The maximum atomic E-state index is 14.7. The van der Waals surface area contributed by atoms with Crippen molar-refractivity contribution in [2.24, 2.45) is 5.92 Å². The number of amides is 2. The molecule has 0 radical (unpaired) electrons. The maximum absolute atomic E-state index is 14.7. The summed E-state index contributed by atoms with van der Waals surface area (Å²) in [5, 5.41) is 2.89. The quantitative estimate of drug-likeness (QED) is 0.628. The lowest BCUT2D eigenvalue weighted by Crippen LogP contribution is -2.46. The van der Waals surface area contributed by atoms with Gasteiger partial charge in [-0.3, -0.25) is 0 Å². The summed E-state index contributed by atoms with van der Waals surface area (Å²) in [7, 11) is 1.69. The van der Waals surface area contributed by atoms with E-state index in [1.54, 1.807) is 36.3 Å². The number of benzene rings is 1. The molecule has 2 saturated heterocycles. The number of halogens is 3. The van der Waals surface area contributed by atoms with Gasteiger partial charge in [0.2, 0.25) is 0 Å². The molecule has 184 valence electrons. The highest BCUT2D eigenvalue weighted by Crippen LogP contribution is 2.40. The summed E-state index contributed by atoms with van der Waals surface area (Å²) in [5.41, 5.74) is 0.641. The molecule has 1 aromatic carbocycles. The fourth-order valence-electron chi connectivity index (χ4n) is 4.76. The molecule has 0 spiro atoms. The van der Waals surface area contributed by atoms with Gasteiger partial charge in [-0.05, 0) is 44.7 Å². The number of rotatable bonds is 5. The van der Waals surface area contributed by atoms with Crippen molar-refractivity contribution >= 4 is 17.5 Å². The molecule has 2 amide bonds. The van der Waals surface area contributed by atoms with Crippen LogP contribution in [-0.4, -0.2) is 60.7 Å². The number of hydrogen-bond acceptors (Lipinski definition) is 4. The minimum atomic E-state index is -2.84. The first-order valence-electron chi connectivity index (χ1n) is 11.6. The van der Waals surface area contributed by atoms with Gasteiger partial charge in [-0.1, -0.05) is 18.2 Å². The molecule has 6 nitrogen and oxygen atoms in total. The van der Waals surface area contributed by atoms with Crippen LogP contribution in [0.25, 0.3) is 11.1 Å². The zero-order valence-electron chi connectivity index (χ0n) is 19.8. The number of pyridine rings is 1. The van der Waals surface area contributed by atoms with E-state index in [0.717, 1.165) is 12.8 Å². The number of alkyl halides is 2. The number of nitrogens with one attached hydrogen (secondary N) is 1. The molecule has 1 aromatic heterocycles. The lowest BCUT2D eigenvalue weighted by molar-refractivity contribution is -0.0449. The smallest absolute Gasteiger partial charge is 0.321 e. The molecule has 0 bridgehead atoms. The van der Waals surface area contributed by atoms with Crippen LogP contribution in [0.3, 0.4) is 0 Å². The first-order valence-corrected chi connectivity index (χ1v) is 11.6. The van der Waals surface area contributed by atoms with Crippen molar-refractivity contribution in [2.75, 3.05) is 43.5 Å². The zero-order chi connectivity index (χ0) is 24.5. The lowest BCUT2D eigenvalue weighted by atomic mass is 9.83. The summed E-state index contributed by atoms with van der Waals surface area (Å²) in [6.07, 6.45) is 2.73. The number of ether oxygens (including phenoxy) is 1. The topological polar surface area (TPSA) is 57.7 Å². The third-order valence-corrected chi connectivity index (χ3v) is 7.09. The predicted octanol–water partition coefficient (Wildman–Crippen LogP) is 5.40. The number of methoxy groups -OCH3 is 1. The van der Waals surface area contributed by atoms with E-state index in [4.69, 9.17) is 4.74 Å². The van der Waals surface area contributed by atoms with Crippen LogP contribution in [0, 0.1) is 11.7 Å². The Bertz CT molecular complexity index is 1040. The SMILES string of the molecule is COC(C)(C)C1CCN(C(=O)Nc2c(-c3ccccc3F)ccnc2N2CCC(F)(F)C2)CC1. The predicted molar refractivity (Wildman–Crippen MR) is 126 cm³/mol. The van der Waals surface area contributed by atoms with E-state index >= 15 is 0 Å². The second-order valence-electron chi connectivity index (χ2n) is 9.56. The molecule has 3 heterocycles. The molecule has 34 heavy (non-hydrogen) atoms. The van der Waals surface area contributed by atoms with Crippen molar-refractivity contribution < 1.29 is 22.7 Å². The summed E-state index contributed by atoms with van der Waals surface area (Å²) in [5.74, 6) is -2.77. The molecule has 4 rings (SSSR count). The average Bonchev–Trinajstić information content (AvgIpc) is 3.19. The third kappa shape index (κ3) is 4.99. The number of carbonyl (C=O) groups is 1. The molecule has 0 unspecified atom stereocenters. The van der Waals surface area contributed by atoms with Crippen molar-refractivity contribution in [3.05, 3.63) is 42.3 Å². The summed E-state index contributed by atoms with van der Waals surface area (Å²) < 4.78 is 48.2. The van der Waals surface area contributed by atoms with Gasteiger partial charge >= 0.3 is 6.03 Å². The summed E-state index contributed by atoms with van der Waals surface area (Å²) in [6.45, 7) is 4.76. The normalized spacial score (nSPS) is 18.9. The van der Waals surface area contributed by atoms with Gasteiger partial charge in [0.15, 0.2) is 5.82 Å². The standard InChI is InChI=1S/C25H31F3N4O2/c1-24(2,34-3)17-9-13-31(14-10-17)23(33)30-21-19(18-6-4-5-7-20(18)26)8-12-29-22(21)32-15-11-25(27,28)16-32/h4-8,12,17H,9-11,13-16H2,1-3H3,(H,30,33). The largest absolute Gasteiger partial charge is 0.379 e. The minimum Gasteiger partial charge on any atom is -0.379 e. The van der Waals surface area contributed by atoms with Crippen molar-refractivity contribution in [1.82, 2.24) is 9.88 Å². The fraction of sp³-hybridized carbons (Fsp3) is 0.520. The Morgan fingerprint density at radius 2 is 1.85 bits per heavy atom. The average molecular weight is 477 g/mol. The van der Waals surface area contributed by atoms with E-state index in [1.807, 2.05) is 13.8 Å². The highest BCUT2D eigenvalue weighted by molar-refractivity contribution is 5.99. The van der Waals surface area contributed by atoms with E-state index in [-0.39, 0.29) is 41.7 Å². The summed E-state index contributed by atoms with van der Waals surface area (Å²) in [4.78, 5) is 20.7. The Morgan fingerprint density at radius 3 is 2.47 bits per heavy atom. The van der Waals surface area contributed by atoms with Crippen LogP contribution >= 0.6 is 0 Å². The van der Waals surface area contributed by atoms with E-state index in [0.29, 0.717) is 24.6 Å². The number of piperidine rings is 1. The van der Waals surface area contributed by atoms with Gasteiger partial charge in [0, 0.05) is 50.5 Å². The third-order valence-electron chi connectivity index (χ3n) is 7.09. The van der Waals surface area contributed by atoms with E-state index in [1.165, 1.54) is 17.2 Å². The number of hydrogen-bond donors (Lipinski definition) is 1. The Morgan fingerprint density at radius 1 is 1.15 bits per heavy atom. The first kappa shape index (κ1) is 24.3. The monoisotopic (exact) mass is 476 g/mol. The van der Waals surface area contributed by atoms with Crippen molar-refractivity contribution in [1.29, 1.82) is 0 Å². The zero-order valence-corrected chi connectivity index (χ0v) is 19.8. The minimum absolute atomic E-state index is 0.0983. The number of aromatic nitrogens is 1. The van der Waals surface area contributed by atoms with E-state index < -0.39 is 18.3 Å². The highest BCUT2D eigenvalue weighted by Gasteiger charge is 2.40. The second kappa shape index (κ2) is 9.44. The Labute approximate surface area is 198 Å². The van der Waals surface area contributed by atoms with Gasteiger partial charge in [-0.2, -0.15) is 0 Å². The molecule has 2 aliphatic rings. The van der Waals surface area contributed by atoms with Crippen molar-refractivity contribution in [3.63, 3.8) is 0 Å². The van der Waals surface area contributed by atoms with Gasteiger partial charge in [0.05, 0.1) is 17.8 Å². The van der Waals surface area contributed by atoms with Crippen LogP contribution in [0.15, 0.2) is 36.5 Å². The van der Waals surface area contributed by atoms with E-state index in [2.05, 4.69) is 10.3 Å². The summed E-state index contributed by atoms with van der Waals surface area (Å²) >= 11 is 0. The maximum Gasteiger partial charge on any atom is 0.321 e. The molecule has 0 aliphatic carbocycles. The van der Waals surface area contributed by atoms with Gasteiger partial charge in [-0.15, -0.1) is 0 Å². The van der Waals surface area contributed by atoms with Crippen LogP contribution in [0.5, 0.6) is 0 Å². The molecule has 0 saturated carbocycles. The molecule has 2 aliphatic heterocycles. The Kier molecular flexibility index (Phi) is 6.75. The second-order valence-corrected chi connectivity index (χ2v) is 9.56. The highest BCUT2D eigenvalue weighted by atomic mass is 19.3. The molecule has 1 N–H and O–H groups in total. The van der Waals surface area contributed by atoms with Gasteiger partial charge in [0.1, 0.15) is 5.82 Å². The van der Waals surface area contributed by atoms with Crippen LogP contribution in [0.1, 0.15) is 33.1 Å². The number of likely N-dealkylation sites (tertiary alicyclic amines) is 1. The first-order chi connectivity index (χ1) is 16.1. The molecule has 9 heteroatoms. The van der Waals surface area contributed by atoms with E-state index in [9.17, 15) is 18.0 Å². The lowest BCUT2D eigenvalue weighted by Gasteiger charge is -2.39. The Balaban J connectivity index is 1.62. The number of nitrogens with zero attached hydrogens (tertiary/aromatic N) is 3. The van der Waals surface area contributed by atoms with Gasteiger partial charge < -0.3 is 19.9 Å². The molecular formula is C25H31F3N4O2. The molecule has 2 fully saturated rings. The number of urea groups is 1. The number of anilines is 2. The molecule has 0 atom stereocenters. The van der Waals surface area contributed by atoms with Crippen molar-refractivity contribution in [3.8, 4) is 11.1 Å². The molecular weight excluding hydrogens is 445 g/mol. The van der Waals surface area contributed by atoms with Crippen molar-refractivity contribution in [2.45, 2.75) is 44.6 Å². The van der Waals surface area contributed by atoms with Gasteiger partial charge in [0.25, 0.3) is 5.92 Å². The molecule has 2 aromatic rings. The Hall–Kier alpha value is -2.81. The van der Waals surface area contributed by atoms with Gasteiger partial charge in [-0.25, -0.2) is 22.9 Å². The number of carbonyl (C=O) groups excluding carboxylic acids is 1. The van der Waals surface area contributed by atoms with Crippen LogP contribution in [0.4, 0.5) is 29.5 Å².